The van der Waals surface area contributed by atoms with Crippen molar-refractivity contribution < 1.29 is 19.1 Å². The van der Waals surface area contributed by atoms with Gasteiger partial charge in [-0.3, -0.25) is 4.79 Å². The summed E-state index contributed by atoms with van der Waals surface area (Å²) in [7, 11) is 1.47. The molecule has 1 heterocycles. The van der Waals surface area contributed by atoms with Gasteiger partial charge in [0.1, 0.15) is 5.69 Å². The van der Waals surface area contributed by atoms with Crippen LogP contribution in [-0.2, 0) is 0 Å². The Bertz CT molecular complexity index is 1720. The molecule has 0 saturated heterocycles. The minimum Gasteiger partial charge on any atom is -0.493 e. The van der Waals surface area contributed by atoms with E-state index in [1.54, 1.807) is 48.5 Å². The third kappa shape index (κ3) is 5.57. The number of carbonyl (C=O) groups excluding carboxylic acids is 2. The number of methoxy groups -OCH3 is 1. The number of halogens is 2. The fourth-order valence-electron chi connectivity index (χ4n) is 4.10. The number of rotatable bonds is 7. The summed E-state index contributed by atoms with van der Waals surface area (Å²) in [6, 6.07) is 26.7. The van der Waals surface area contributed by atoms with Gasteiger partial charge in [-0.2, -0.15) is 5.10 Å². The first kappa shape index (κ1) is 26.2. The molecule has 0 unspecified atom stereocenters. The Balaban J connectivity index is 1.38. The number of aromatic nitrogens is 1. The number of benzene rings is 4. The van der Waals surface area contributed by atoms with Gasteiger partial charge in [-0.25, -0.2) is 10.2 Å². The zero-order chi connectivity index (χ0) is 27.4. The molecule has 2 N–H and O–H groups in total. The lowest BCUT2D eigenvalue weighted by atomic mass is 10.0. The molecule has 0 aliphatic rings. The number of para-hydroxylation sites is 1. The van der Waals surface area contributed by atoms with Crippen LogP contribution in [0, 0.1) is 0 Å². The Morgan fingerprint density at radius 3 is 2.49 bits per heavy atom. The summed E-state index contributed by atoms with van der Waals surface area (Å²) in [5.74, 6) is -0.330. The predicted molar refractivity (Wildman–Crippen MR) is 156 cm³/mol. The van der Waals surface area contributed by atoms with Gasteiger partial charge >= 0.3 is 5.97 Å². The van der Waals surface area contributed by atoms with E-state index in [9.17, 15) is 9.59 Å². The molecular weight excluding hydrogens is 582 g/mol. The number of carbonyl (C=O) groups is 2. The highest BCUT2D eigenvalue weighted by atomic mass is 79.9. The highest BCUT2D eigenvalue weighted by Crippen LogP contribution is 2.38. The van der Waals surface area contributed by atoms with Gasteiger partial charge in [-0.05, 0) is 64.0 Å². The van der Waals surface area contributed by atoms with Crippen molar-refractivity contribution in [2.75, 3.05) is 7.11 Å². The van der Waals surface area contributed by atoms with E-state index in [1.165, 1.54) is 13.3 Å². The summed E-state index contributed by atoms with van der Waals surface area (Å²) in [4.78, 5) is 28.9. The topological polar surface area (TPSA) is 92.8 Å². The minimum atomic E-state index is -0.498. The molecule has 1 amide bonds. The van der Waals surface area contributed by atoms with Crippen molar-refractivity contribution in [3.05, 3.63) is 117 Å². The second-order valence-corrected chi connectivity index (χ2v) is 9.64. The lowest BCUT2D eigenvalue weighted by Crippen LogP contribution is -2.19. The zero-order valence-corrected chi connectivity index (χ0v) is 22.9. The first-order chi connectivity index (χ1) is 19.0. The quantitative estimate of drug-likeness (QED) is 0.0889. The summed E-state index contributed by atoms with van der Waals surface area (Å²) in [6.45, 7) is 0. The Labute approximate surface area is 237 Å². The van der Waals surface area contributed by atoms with Gasteiger partial charge in [0.05, 0.1) is 24.4 Å². The summed E-state index contributed by atoms with van der Waals surface area (Å²) < 4.78 is 11.7. The van der Waals surface area contributed by atoms with Crippen LogP contribution >= 0.6 is 27.5 Å². The van der Waals surface area contributed by atoms with Crippen molar-refractivity contribution in [2.45, 2.75) is 0 Å². The molecule has 4 aromatic carbocycles. The molecule has 0 saturated carbocycles. The summed E-state index contributed by atoms with van der Waals surface area (Å²) in [6.07, 6.45) is 1.47. The van der Waals surface area contributed by atoms with E-state index in [4.69, 9.17) is 21.1 Å². The lowest BCUT2D eigenvalue weighted by molar-refractivity contribution is 0.0729. The second-order valence-electron chi connectivity index (χ2n) is 8.38. The molecule has 0 aliphatic heterocycles. The predicted octanol–water partition coefficient (Wildman–Crippen LogP) is 7.24. The molecule has 9 heteroatoms. The molecule has 5 rings (SSSR count). The number of hydrogen-bond acceptors (Lipinski definition) is 5. The van der Waals surface area contributed by atoms with E-state index in [-0.39, 0.29) is 5.75 Å². The Morgan fingerprint density at radius 2 is 1.72 bits per heavy atom. The van der Waals surface area contributed by atoms with Gasteiger partial charge in [0.2, 0.25) is 0 Å². The van der Waals surface area contributed by atoms with Crippen LogP contribution in [0.3, 0.4) is 0 Å². The van der Waals surface area contributed by atoms with Crippen LogP contribution in [-0.4, -0.2) is 30.2 Å². The number of amides is 1. The third-order valence-electron chi connectivity index (χ3n) is 5.93. The number of fused-ring (bicyclic) bond motifs is 1. The van der Waals surface area contributed by atoms with Crippen LogP contribution in [0.5, 0.6) is 11.5 Å². The number of H-pyrrole nitrogens is 1. The first-order valence-electron chi connectivity index (χ1n) is 11.8. The van der Waals surface area contributed by atoms with Crippen molar-refractivity contribution in [1.29, 1.82) is 0 Å². The van der Waals surface area contributed by atoms with Crippen LogP contribution in [0.4, 0.5) is 0 Å². The van der Waals surface area contributed by atoms with Crippen molar-refractivity contribution in [1.82, 2.24) is 10.4 Å². The molecule has 0 atom stereocenters. The number of hydrazone groups is 1. The average molecular weight is 603 g/mol. The minimum absolute atomic E-state index is 0.264. The van der Waals surface area contributed by atoms with E-state index >= 15 is 0 Å². The third-order valence-corrected chi connectivity index (χ3v) is 6.92. The highest BCUT2D eigenvalue weighted by molar-refractivity contribution is 9.10. The molecule has 39 heavy (non-hydrogen) atoms. The maximum Gasteiger partial charge on any atom is 0.343 e. The number of aromatic amines is 1. The van der Waals surface area contributed by atoms with Gasteiger partial charge in [-0.1, -0.05) is 60.1 Å². The van der Waals surface area contributed by atoms with Crippen molar-refractivity contribution in [2.24, 2.45) is 5.10 Å². The number of hydrogen-bond donors (Lipinski definition) is 2. The number of nitrogens with one attached hydrogen (secondary N) is 2. The van der Waals surface area contributed by atoms with E-state index in [0.717, 1.165) is 20.9 Å². The van der Waals surface area contributed by atoms with E-state index < -0.39 is 11.9 Å². The van der Waals surface area contributed by atoms with E-state index in [2.05, 4.69) is 31.4 Å². The van der Waals surface area contributed by atoms with Crippen LogP contribution in [0.15, 0.2) is 101 Å². The Kier molecular flexibility index (Phi) is 7.76. The molecule has 0 fully saturated rings. The molecular formula is C30H21BrClN3O4. The first-order valence-corrected chi connectivity index (χ1v) is 13.0. The molecule has 0 aliphatic carbocycles. The SMILES string of the molecule is COc1cc(C=NNC(=O)c2[nH]c3c(Br)cccc3c2-c2ccccc2Cl)ccc1OC(=O)c1ccccc1. The van der Waals surface area contributed by atoms with Crippen molar-refractivity contribution in [3.63, 3.8) is 0 Å². The monoisotopic (exact) mass is 601 g/mol. The largest absolute Gasteiger partial charge is 0.493 e. The Hall–Kier alpha value is -4.40. The summed E-state index contributed by atoms with van der Waals surface area (Å²) in [5, 5.41) is 5.50. The zero-order valence-electron chi connectivity index (χ0n) is 20.6. The number of ether oxygens (including phenoxy) is 2. The molecule has 7 nitrogen and oxygen atoms in total. The van der Waals surface area contributed by atoms with Crippen LogP contribution < -0.4 is 14.9 Å². The molecule has 5 aromatic rings. The molecule has 0 bridgehead atoms. The van der Waals surface area contributed by atoms with Crippen LogP contribution in [0.25, 0.3) is 22.0 Å². The second kappa shape index (κ2) is 11.6. The smallest absolute Gasteiger partial charge is 0.343 e. The maximum atomic E-state index is 13.3. The summed E-state index contributed by atoms with van der Waals surface area (Å²) >= 11 is 10.0. The molecule has 194 valence electrons. The van der Waals surface area contributed by atoms with Crippen molar-refractivity contribution in [3.8, 4) is 22.6 Å². The van der Waals surface area contributed by atoms with Gasteiger partial charge in [0.15, 0.2) is 11.5 Å². The molecule has 0 spiro atoms. The maximum absolute atomic E-state index is 13.3. The molecule has 0 radical (unpaired) electrons. The lowest BCUT2D eigenvalue weighted by Gasteiger charge is -2.10. The van der Waals surface area contributed by atoms with E-state index in [1.807, 2.05) is 42.5 Å². The van der Waals surface area contributed by atoms with Gasteiger partial charge in [-0.15, -0.1) is 0 Å². The highest BCUT2D eigenvalue weighted by Gasteiger charge is 2.21. The fraction of sp³-hybridized carbons (Fsp3) is 0.0333. The standard InChI is InChI=1S/C30H21BrClN3O4/c1-38-25-16-18(14-15-24(25)39-30(37)19-8-3-2-4-9-19)17-33-35-29(36)28-26(20-10-5-6-13-23(20)32)21-11-7-12-22(31)27(21)34-28/h2-17,34H,1H3,(H,35,36). The molecule has 1 aromatic heterocycles. The van der Waals surface area contributed by atoms with Crippen LogP contribution in [0.2, 0.25) is 5.02 Å². The normalized spacial score (nSPS) is 11.1. The number of esters is 1. The van der Waals surface area contributed by atoms with Gasteiger partial charge in [0.25, 0.3) is 5.91 Å². The number of nitrogens with zero attached hydrogens (tertiary/aromatic N) is 1. The Morgan fingerprint density at radius 1 is 0.949 bits per heavy atom. The van der Waals surface area contributed by atoms with Crippen molar-refractivity contribution >= 4 is 56.5 Å². The summed E-state index contributed by atoms with van der Waals surface area (Å²) in [5.41, 5.74) is 6.12. The average Bonchev–Trinajstić information content (AvgIpc) is 3.35. The van der Waals surface area contributed by atoms with Crippen LogP contribution in [0.1, 0.15) is 26.4 Å². The van der Waals surface area contributed by atoms with E-state index in [0.29, 0.717) is 33.2 Å². The fourth-order valence-corrected chi connectivity index (χ4v) is 4.79. The van der Waals surface area contributed by atoms with Gasteiger partial charge in [0, 0.05) is 26.0 Å². The van der Waals surface area contributed by atoms with Gasteiger partial charge < -0.3 is 14.5 Å².